The van der Waals surface area contributed by atoms with E-state index in [4.69, 9.17) is 5.11 Å². The van der Waals surface area contributed by atoms with Gasteiger partial charge in [0.1, 0.15) is 6.54 Å². The number of carboxylic acid groups (broad SMARTS) is 1. The number of aliphatic carboxylic acids is 1. The molecule has 23 heavy (non-hydrogen) atoms. The first kappa shape index (κ1) is 17.1. The van der Waals surface area contributed by atoms with Gasteiger partial charge in [-0.1, -0.05) is 24.3 Å². The number of fused-ring (bicyclic) bond motifs is 1. The normalized spacial score (nSPS) is 17.6. The highest BCUT2D eigenvalue weighted by atomic mass is 19.4. The van der Waals surface area contributed by atoms with Gasteiger partial charge in [0.05, 0.1) is 12.5 Å². The van der Waals surface area contributed by atoms with Crippen LogP contribution in [0.5, 0.6) is 0 Å². The fourth-order valence-electron chi connectivity index (χ4n) is 2.82. The summed E-state index contributed by atoms with van der Waals surface area (Å²) < 4.78 is 37.4. The summed E-state index contributed by atoms with van der Waals surface area (Å²) >= 11 is 0. The quantitative estimate of drug-likeness (QED) is 0.927. The highest BCUT2D eigenvalue weighted by Gasteiger charge is 2.37. The summed E-state index contributed by atoms with van der Waals surface area (Å²) in [5.41, 5.74) is 1.59. The molecule has 1 aliphatic rings. The van der Waals surface area contributed by atoms with Gasteiger partial charge in [-0.05, 0) is 17.5 Å². The van der Waals surface area contributed by atoms with Crippen molar-refractivity contribution in [3.63, 3.8) is 0 Å². The minimum absolute atomic E-state index is 0.190. The van der Waals surface area contributed by atoms with Gasteiger partial charge in [-0.15, -0.1) is 0 Å². The maximum atomic E-state index is 12.5. The number of hydrogen-bond acceptors (Lipinski definition) is 2. The summed E-state index contributed by atoms with van der Waals surface area (Å²) in [6.45, 7) is -1.18. The van der Waals surface area contributed by atoms with Gasteiger partial charge in [0.15, 0.2) is 0 Å². The third kappa shape index (κ3) is 4.14. The number of carboxylic acids is 1. The van der Waals surface area contributed by atoms with Crippen LogP contribution in [0.2, 0.25) is 0 Å². The average molecular weight is 330 g/mol. The van der Waals surface area contributed by atoms with E-state index in [2.05, 4.69) is 0 Å². The first-order valence-corrected chi connectivity index (χ1v) is 7.07. The van der Waals surface area contributed by atoms with Crippen LogP contribution in [0.1, 0.15) is 23.6 Å². The first-order chi connectivity index (χ1) is 10.7. The zero-order valence-corrected chi connectivity index (χ0v) is 12.5. The molecule has 2 rings (SSSR count). The molecule has 0 fully saturated rings. The molecule has 0 bridgehead atoms. The summed E-state index contributed by atoms with van der Waals surface area (Å²) in [5.74, 6) is -1.11. The first-order valence-electron chi connectivity index (χ1n) is 7.07. The molecule has 2 amide bonds. The van der Waals surface area contributed by atoms with Crippen LogP contribution in [0.4, 0.5) is 18.0 Å². The number of benzene rings is 1. The molecule has 126 valence electrons. The predicted octanol–water partition coefficient (Wildman–Crippen LogP) is 2.67. The van der Waals surface area contributed by atoms with Crippen LogP contribution in [0.3, 0.4) is 0 Å². The predicted molar refractivity (Wildman–Crippen MR) is 75.9 cm³/mol. The molecule has 0 saturated carbocycles. The Balaban J connectivity index is 2.26. The van der Waals surface area contributed by atoms with Crippen LogP contribution < -0.4 is 0 Å². The molecular formula is C15H17F3N2O3. The van der Waals surface area contributed by atoms with Gasteiger partial charge in [-0.25, -0.2) is 4.79 Å². The van der Waals surface area contributed by atoms with Crippen LogP contribution in [0.25, 0.3) is 0 Å². The van der Waals surface area contributed by atoms with Crippen LogP contribution >= 0.6 is 0 Å². The zero-order chi connectivity index (χ0) is 17.2. The molecule has 5 nitrogen and oxygen atoms in total. The molecule has 1 aromatic carbocycles. The van der Waals surface area contributed by atoms with E-state index in [0.29, 0.717) is 16.9 Å². The van der Waals surface area contributed by atoms with Gasteiger partial charge >= 0.3 is 18.2 Å². The summed E-state index contributed by atoms with van der Waals surface area (Å²) in [7, 11) is 1.06. The Morgan fingerprint density at radius 3 is 2.61 bits per heavy atom. The summed E-state index contributed by atoms with van der Waals surface area (Å²) in [6, 6.07) is 5.51. The number of alkyl halides is 3. The van der Waals surface area contributed by atoms with Gasteiger partial charge in [-0.2, -0.15) is 13.2 Å². The fraction of sp³-hybridized carbons (Fsp3) is 0.467. The van der Waals surface area contributed by atoms with Crippen LogP contribution in [0, 0.1) is 0 Å². The highest BCUT2D eigenvalue weighted by molar-refractivity contribution is 5.77. The highest BCUT2D eigenvalue weighted by Crippen LogP contribution is 2.33. The molecule has 0 saturated heterocycles. The molecule has 1 heterocycles. The number of urea groups is 1. The van der Waals surface area contributed by atoms with Crippen molar-refractivity contribution in [3.05, 3.63) is 35.4 Å². The molecule has 1 N–H and O–H groups in total. The molecule has 1 unspecified atom stereocenters. The second-order valence-corrected chi connectivity index (χ2v) is 5.51. The third-order valence-corrected chi connectivity index (χ3v) is 3.77. The van der Waals surface area contributed by atoms with Gasteiger partial charge in [0.2, 0.25) is 0 Å². The third-order valence-electron chi connectivity index (χ3n) is 3.77. The number of rotatable bonds is 3. The van der Waals surface area contributed by atoms with E-state index < -0.39 is 30.8 Å². The second-order valence-electron chi connectivity index (χ2n) is 5.51. The smallest absolute Gasteiger partial charge is 0.406 e. The minimum atomic E-state index is -4.50. The minimum Gasteiger partial charge on any atom is -0.481 e. The van der Waals surface area contributed by atoms with Gasteiger partial charge in [-0.3, -0.25) is 4.79 Å². The molecule has 0 aliphatic carbocycles. The van der Waals surface area contributed by atoms with Crippen molar-refractivity contribution >= 4 is 12.0 Å². The van der Waals surface area contributed by atoms with E-state index in [1.807, 2.05) is 12.1 Å². The molecule has 0 spiro atoms. The van der Waals surface area contributed by atoms with Crippen molar-refractivity contribution in [3.8, 4) is 0 Å². The van der Waals surface area contributed by atoms with Crippen molar-refractivity contribution in [2.24, 2.45) is 0 Å². The van der Waals surface area contributed by atoms with E-state index in [-0.39, 0.29) is 13.0 Å². The van der Waals surface area contributed by atoms with E-state index in [9.17, 15) is 22.8 Å². The van der Waals surface area contributed by atoms with Crippen LogP contribution in [0.15, 0.2) is 24.3 Å². The summed E-state index contributed by atoms with van der Waals surface area (Å²) in [4.78, 5) is 25.2. The molecule has 0 aromatic heterocycles. The largest absolute Gasteiger partial charge is 0.481 e. The molecule has 8 heteroatoms. The molecule has 1 aromatic rings. The Morgan fingerprint density at radius 1 is 1.35 bits per heavy atom. The number of amides is 2. The summed E-state index contributed by atoms with van der Waals surface area (Å²) in [5, 5.41) is 9.08. The Labute approximate surface area is 131 Å². The zero-order valence-electron chi connectivity index (χ0n) is 12.5. The second kappa shape index (κ2) is 6.47. The Hall–Kier alpha value is -2.25. The lowest BCUT2D eigenvalue weighted by Gasteiger charge is -2.38. The van der Waals surface area contributed by atoms with Crippen LogP contribution in [-0.4, -0.2) is 53.2 Å². The van der Waals surface area contributed by atoms with E-state index in [1.54, 1.807) is 12.1 Å². The van der Waals surface area contributed by atoms with Crippen LogP contribution in [-0.2, 0) is 11.2 Å². The van der Waals surface area contributed by atoms with Gasteiger partial charge in [0, 0.05) is 13.6 Å². The van der Waals surface area contributed by atoms with Gasteiger partial charge in [0.25, 0.3) is 0 Å². The maximum absolute atomic E-state index is 12.5. The maximum Gasteiger partial charge on any atom is 0.406 e. The molecular weight excluding hydrogens is 313 g/mol. The van der Waals surface area contributed by atoms with E-state index in [0.717, 1.165) is 12.6 Å². The number of nitrogens with zero attached hydrogens (tertiary/aromatic N) is 2. The Morgan fingerprint density at radius 2 is 2.00 bits per heavy atom. The number of carbonyl (C=O) groups excluding carboxylic acids is 1. The molecule has 1 atom stereocenters. The number of carbonyl (C=O) groups is 2. The molecule has 1 aliphatic heterocycles. The Kier molecular flexibility index (Phi) is 4.82. The SMILES string of the molecule is CN(CC(F)(F)F)C(=O)N1CCc2ccccc2C1CC(=O)O. The van der Waals surface area contributed by atoms with Crippen molar-refractivity contribution in [1.82, 2.24) is 9.80 Å². The van der Waals surface area contributed by atoms with Crippen molar-refractivity contribution < 1.29 is 27.9 Å². The summed E-state index contributed by atoms with van der Waals surface area (Å²) in [6.07, 6.45) is -4.36. The van der Waals surface area contributed by atoms with Crippen molar-refractivity contribution in [2.75, 3.05) is 20.1 Å². The topological polar surface area (TPSA) is 60.9 Å². The fourth-order valence-corrected chi connectivity index (χ4v) is 2.82. The van der Waals surface area contributed by atoms with E-state index >= 15 is 0 Å². The average Bonchev–Trinajstić information content (AvgIpc) is 2.44. The van der Waals surface area contributed by atoms with Crippen molar-refractivity contribution in [2.45, 2.75) is 25.1 Å². The lowest BCUT2D eigenvalue weighted by atomic mass is 9.91. The monoisotopic (exact) mass is 330 g/mol. The van der Waals surface area contributed by atoms with E-state index in [1.165, 1.54) is 4.90 Å². The lowest BCUT2D eigenvalue weighted by Crippen LogP contribution is -2.49. The van der Waals surface area contributed by atoms with Gasteiger partial charge < -0.3 is 14.9 Å². The Bertz CT molecular complexity index is 604. The number of halogens is 3. The van der Waals surface area contributed by atoms with Crippen molar-refractivity contribution in [1.29, 1.82) is 0 Å². The lowest BCUT2D eigenvalue weighted by molar-refractivity contribution is -0.141. The number of hydrogen-bond donors (Lipinski definition) is 1. The molecule has 0 radical (unpaired) electrons. The standard InChI is InChI=1S/C15H17F3N2O3/c1-19(9-15(16,17)18)14(23)20-7-6-10-4-2-3-5-11(10)12(20)8-13(21)22/h2-5,12H,6-9H2,1H3,(H,21,22).